The number of carbonyl (C=O) groups is 1. The van der Waals surface area contributed by atoms with Crippen LogP contribution >= 0.6 is 0 Å². The highest BCUT2D eigenvalue weighted by Crippen LogP contribution is 2.26. The molecule has 0 aliphatic carbocycles. The summed E-state index contributed by atoms with van der Waals surface area (Å²) in [6.07, 6.45) is 1.83. The lowest BCUT2D eigenvalue weighted by Gasteiger charge is -2.12. The molecule has 0 spiro atoms. The van der Waals surface area contributed by atoms with Gasteiger partial charge in [-0.1, -0.05) is 12.1 Å². The zero-order valence-corrected chi connectivity index (χ0v) is 18.5. The maximum Gasteiger partial charge on any atom is 0.255 e. The fourth-order valence-corrected chi connectivity index (χ4v) is 3.71. The third-order valence-electron chi connectivity index (χ3n) is 5.62. The van der Waals surface area contributed by atoms with E-state index < -0.39 is 0 Å². The van der Waals surface area contributed by atoms with Gasteiger partial charge in [-0.05, 0) is 73.5 Å². The predicted octanol–water partition coefficient (Wildman–Crippen LogP) is 4.66. The van der Waals surface area contributed by atoms with Gasteiger partial charge in [-0.15, -0.1) is 10.2 Å². The van der Waals surface area contributed by atoms with Crippen molar-refractivity contribution in [3.8, 4) is 28.5 Å². The molecule has 0 aliphatic rings. The third kappa shape index (κ3) is 3.82. The summed E-state index contributed by atoms with van der Waals surface area (Å²) in [6.45, 7) is 3.93. The van der Waals surface area contributed by atoms with Crippen LogP contribution in [-0.4, -0.2) is 37.8 Å². The number of amides is 1. The van der Waals surface area contributed by atoms with Crippen molar-refractivity contribution in [1.29, 1.82) is 0 Å². The number of nitrogens with zero attached hydrogens (tertiary/aromatic N) is 4. The van der Waals surface area contributed by atoms with Gasteiger partial charge in [0, 0.05) is 23.0 Å². The fourth-order valence-electron chi connectivity index (χ4n) is 3.71. The van der Waals surface area contributed by atoms with E-state index in [4.69, 9.17) is 9.84 Å². The second kappa shape index (κ2) is 8.23. The van der Waals surface area contributed by atoms with Crippen molar-refractivity contribution in [3.05, 3.63) is 83.6 Å². The topological polar surface area (TPSA) is 97.2 Å². The molecule has 0 bridgehead atoms. The lowest BCUT2D eigenvalue weighted by Crippen LogP contribution is -2.12. The molecule has 8 nitrogen and oxygen atoms in total. The van der Waals surface area contributed by atoms with Gasteiger partial charge in [0.05, 0.1) is 18.5 Å². The van der Waals surface area contributed by atoms with Gasteiger partial charge in [-0.3, -0.25) is 4.79 Å². The second-order valence-corrected chi connectivity index (χ2v) is 7.75. The number of H-pyrrole nitrogens is 1. The van der Waals surface area contributed by atoms with Gasteiger partial charge >= 0.3 is 0 Å². The van der Waals surface area contributed by atoms with Gasteiger partial charge in [0.2, 0.25) is 5.82 Å². The molecular weight excluding hydrogens is 416 g/mol. The van der Waals surface area contributed by atoms with Gasteiger partial charge in [-0.25, -0.2) is 0 Å². The quantitative estimate of drug-likeness (QED) is 0.416. The van der Waals surface area contributed by atoms with E-state index in [1.807, 2.05) is 74.6 Å². The van der Waals surface area contributed by atoms with Gasteiger partial charge in [0.25, 0.3) is 5.91 Å². The summed E-state index contributed by atoms with van der Waals surface area (Å²) in [5.74, 6) is 1.12. The SMILES string of the molecule is COc1cc(C(=O)Nc2cccc(-c3ccc4nnc(-c5ccc[nH]5)n4n3)c2)cc(C)c1C. The van der Waals surface area contributed by atoms with Crippen LogP contribution in [0, 0.1) is 13.8 Å². The average Bonchev–Trinajstić information content (AvgIpc) is 3.50. The molecule has 3 aromatic heterocycles. The number of nitrogens with one attached hydrogen (secondary N) is 2. The van der Waals surface area contributed by atoms with E-state index in [2.05, 4.69) is 20.5 Å². The van der Waals surface area contributed by atoms with Gasteiger partial charge in [-0.2, -0.15) is 9.61 Å². The van der Waals surface area contributed by atoms with Crippen molar-refractivity contribution >= 4 is 17.2 Å². The standard InChI is InChI=1S/C25H22N6O2/c1-15-12-18(14-22(33-3)16(15)2)25(32)27-19-7-4-6-17(13-19)20-9-10-23-28-29-24(31(23)30-20)21-8-5-11-26-21/h4-14,26H,1-3H3,(H,27,32). The summed E-state index contributed by atoms with van der Waals surface area (Å²) in [4.78, 5) is 16.0. The number of anilines is 1. The Labute approximate surface area is 190 Å². The molecule has 33 heavy (non-hydrogen) atoms. The van der Waals surface area contributed by atoms with Crippen molar-refractivity contribution in [2.24, 2.45) is 0 Å². The maximum absolute atomic E-state index is 12.9. The molecule has 0 radical (unpaired) electrons. The monoisotopic (exact) mass is 438 g/mol. The zero-order valence-electron chi connectivity index (χ0n) is 18.5. The van der Waals surface area contributed by atoms with Gasteiger partial charge in [0.1, 0.15) is 5.75 Å². The maximum atomic E-state index is 12.9. The predicted molar refractivity (Wildman–Crippen MR) is 126 cm³/mol. The lowest BCUT2D eigenvalue weighted by atomic mass is 10.0. The minimum atomic E-state index is -0.204. The van der Waals surface area contributed by atoms with E-state index in [-0.39, 0.29) is 5.91 Å². The molecule has 0 fully saturated rings. The number of benzene rings is 2. The Morgan fingerprint density at radius 3 is 2.70 bits per heavy atom. The van der Waals surface area contributed by atoms with Crippen molar-refractivity contribution in [2.75, 3.05) is 12.4 Å². The second-order valence-electron chi connectivity index (χ2n) is 7.75. The molecule has 0 saturated heterocycles. The first kappa shape index (κ1) is 20.4. The highest BCUT2D eigenvalue weighted by atomic mass is 16.5. The van der Waals surface area contributed by atoms with E-state index in [0.717, 1.165) is 28.1 Å². The van der Waals surface area contributed by atoms with Crippen LogP contribution in [0.4, 0.5) is 5.69 Å². The first-order valence-electron chi connectivity index (χ1n) is 10.5. The Hall–Kier alpha value is -4.46. The molecule has 2 aromatic carbocycles. The highest BCUT2D eigenvalue weighted by Gasteiger charge is 2.14. The number of hydrogen-bond acceptors (Lipinski definition) is 5. The summed E-state index contributed by atoms with van der Waals surface area (Å²) < 4.78 is 7.11. The molecule has 0 saturated carbocycles. The molecule has 3 heterocycles. The Kier molecular flexibility index (Phi) is 5.10. The minimum absolute atomic E-state index is 0.204. The van der Waals surface area contributed by atoms with Crippen molar-refractivity contribution < 1.29 is 9.53 Å². The number of methoxy groups -OCH3 is 1. The molecule has 2 N–H and O–H groups in total. The molecule has 1 amide bonds. The summed E-state index contributed by atoms with van der Waals surface area (Å²) in [6, 6.07) is 18.8. The van der Waals surface area contributed by atoms with Crippen molar-refractivity contribution in [1.82, 2.24) is 24.8 Å². The molecule has 0 aliphatic heterocycles. The summed E-state index contributed by atoms with van der Waals surface area (Å²) in [7, 11) is 1.60. The minimum Gasteiger partial charge on any atom is -0.496 e. The van der Waals surface area contributed by atoms with Crippen LogP contribution in [0.2, 0.25) is 0 Å². The number of aromatic amines is 1. The Morgan fingerprint density at radius 1 is 1.03 bits per heavy atom. The fraction of sp³-hybridized carbons (Fsp3) is 0.120. The van der Waals surface area contributed by atoms with Crippen LogP contribution in [0.5, 0.6) is 5.75 Å². The Bertz CT molecular complexity index is 1470. The molecule has 0 atom stereocenters. The summed E-state index contributed by atoms with van der Waals surface area (Å²) >= 11 is 0. The van der Waals surface area contributed by atoms with E-state index >= 15 is 0 Å². The first-order chi connectivity index (χ1) is 16.0. The summed E-state index contributed by atoms with van der Waals surface area (Å²) in [5.41, 5.74) is 6.30. The largest absolute Gasteiger partial charge is 0.496 e. The van der Waals surface area contributed by atoms with Crippen LogP contribution in [0.1, 0.15) is 21.5 Å². The van der Waals surface area contributed by atoms with Gasteiger partial charge in [0.15, 0.2) is 5.65 Å². The molecule has 5 rings (SSSR count). The van der Waals surface area contributed by atoms with E-state index in [1.54, 1.807) is 17.7 Å². The molecule has 8 heteroatoms. The number of hydrogen-bond donors (Lipinski definition) is 2. The van der Waals surface area contributed by atoms with Crippen molar-refractivity contribution in [2.45, 2.75) is 13.8 Å². The molecule has 5 aromatic rings. The Morgan fingerprint density at radius 2 is 1.91 bits per heavy atom. The van der Waals surface area contributed by atoms with Crippen molar-refractivity contribution in [3.63, 3.8) is 0 Å². The van der Waals surface area contributed by atoms with Crippen LogP contribution in [0.3, 0.4) is 0 Å². The normalized spacial score (nSPS) is 11.0. The molecular formula is C25H22N6O2. The first-order valence-corrected chi connectivity index (χ1v) is 10.5. The smallest absolute Gasteiger partial charge is 0.255 e. The van der Waals surface area contributed by atoms with Crippen LogP contribution < -0.4 is 10.1 Å². The highest BCUT2D eigenvalue weighted by molar-refractivity contribution is 6.05. The van der Waals surface area contributed by atoms with E-state index in [0.29, 0.717) is 28.5 Å². The van der Waals surface area contributed by atoms with Crippen LogP contribution in [-0.2, 0) is 0 Å². The number of aromatic nitrogens is 5. The van der Waals surface area contributed by atoms with E-state index in [1.165, 1.54) is 0 Å². The molecule has 164 valence electrons. The summed E-state index contributed by atoms with van der Waals surface area (Å²) in [5, 5.41) is 16.1. The van der Waals surface area contributed by atoms with E-state index in [9.17, 15) is 4.79 Å². The van der Waals surface area contributed by atoms with Crippen LogP contribution in [0.25, 0.3) is 28.4 Å². The number of ether oxygens (including phenoxy) is 1. The number of aryl methyl sites for hydroxylation is 1. The average molecular weight is 438 g/mol. The zero-order chi connectivity index (χ0) is 22.9. The third-order valence-corrected chi connectivity index (χ3v) is 5.62. The van der Waals surface area contributed by atoms with Crippen LogP contribution in [0.15, 0.2) is 66.9 Å². The Balaban J connectivity index is 1.45. The number of carbonyl (C=O) groups excluding carboxylic acids is 1. The number of fused-ring (bicyclic) bond motifs is 1. The lowest BCUT2D eigenvalue weighted by molar-refractivity contribution is 0.102. The van der Waals surface area contributed by atoms with Gasteiger partial charge < -0.3 is 15.0 Å². The molecule has 0 unspecified atom stereocenters. The number of rotatable bonds is 5.